The molecule has 1 heterocycles. The molecule has 5 aromatic carbocycles. The van der Waals surface area contributed by atoms with Crippen LogP contribution in [0.2, 0.25) is 0 Å². The smallest absolute Gasteiger partial charge is 0.0981 e. The maximum Gasteiger partial charge on any atom is 0.0981 e. The average Bonchev–Trinajstić information content (AvgIpc) is 3.65. The maximum atomic E-state index is 2.75. The summed E-state index contributed by atoms with van der Waals surface area (Å²) in [6, 6.07) is 55.7. The van der Waals surface area contributed by atoms with E-state index in [-0.39, 0.29) is 0 Å². The molecule has 0 bridgehead atoms. The van der Waals surface area contributed by atoms with Crippen LogP contribution in [0.3, 0.4) is 0 Å². The van der Waals surface area contributed by atoms with Gasteiger partial charge in [-0.3, -0.25) is 4.90 Å². The first-order chi connectivity index (χ1) is 17.4. The third-order valence-electron chi connectivity index (χ3n) is 7.32. The lowest BCUT2D eigenvalue weighted by Crippen LogP contribution is -2.39. The lowest BCUT2D eigenvalue weighted by atomic mass is 9.76. The normalized spacial score (nSPS) is 19.3. The lowest BCUT2D eigenvalue weighted by Gasteiger charge is -2.39. The highest BCUT2D eigenvalue weighted by atomic mass is 15.4. The second kappa shape index (κ2) is 9.37. The van der Waals surface area contributed by atoms with Gasteiger partial charge in [-0.05, 0) is 34.2 Å². The molecule has 0 aromatic heterocycles. The second-order valence-corrected chi connectivity index (χ2v) is 9.33. The first kappa shape index (κ1) is 21.6. The fraction of sp³-hybridized carbons (Fsp3) is 0.118. The van der Waals surface area contributed by atoms with Crippen LogP contribution >= 0.6 is 0 Å². The first-order valence-corrected chi connectivity index (χ1v) is 12.4. The molecule has 6 rings (SSSR count). The van der Waals surface area contributed by atoms with E-state index in [4.69, 9.17) is 0 Å². The molecule has 1 unspecified atom stereocenters. The highest BCUT2D eigenvalue weighted by molar-refractivity contribution is 5.53. The van der Waals surface area contributed by atoms with E-state index in [1.54, 1.807) is 0 Å². The fourth-order valence-electron chi connectivity index (χ4n) is 5.82. The number of benzene rings is 5. The Labute approximate surface area is 208 Å². The van der Waals surface area contributed by atoms with Gasteiger partial charge < -0.3 is 0 Å². The summed E-state index contributed by atoms with van der Waals surface area (Å²) in [4.78, 5) is 2.75. The van der Waals surface area contributed by atoms with Crippen LogP contribution in [0.4, 0.5) is 0 Å². The van der Waals surface area contributed by atoms with Crippen molar-refractivity contribution in [2.45, 2.75) is 24.0 Å². The number of hydrogen-bond donors (Lipinski definition) is 0. The van der Waals surface area contributed by atoms with Crippen molar-refractivity contribution >= 4 is 0 Å². The van der Waals surface area contributed by atoms with Crippen molar-refractivity contribution in [1.29, 1.82) is 0 Å². The first-order valence-electron chi connectivity index (χ1n) is 12.4. The largest absolute Gasteiger partial charge is 0.272 e. The molecule has 0 N–H and O–H groups in total. The van der Waals surface area contributed by atoms with Gasteiger partial charge in [-0.15, -0.1) is 0 Å². The number of nitrogens with zero attached hydrogens (tertiary/aromatic N) is 1. The van der Waals surface area contributed by atoms with E-state index < -0.39 is 5.54 Å². The van der Waals surface area contributed by atoms with E-state index in [1.807, 2.05) is 0 Å². The molecule has 1 aliphatic heterocycles. The summed E-state index contributed by atoms with van der Waals surface area (Å²) >= 11 is 0. The molecule has 1 aliphatic rings. The number of hydrogen-bond acceptors (Lipinski definition) is 1. The third-order valence-corrected chi connectivity index (χ3v) is 7.32. The molecule has 5 aromatic rings. The highest BCUT2D eigenvalue weighted by Gasteiger charge is 2.60. The standard InChI is InChI=1S/C34H29N/c1-6-16-27(17-7-1)26-32-33(28-18-8-2-9-19-28)35(32)34(29-20-10-3-11-21-29,30-22-12-4-13-23-30)31-24-14-5-15-25-31/h1-25,32-33H,26H2/t32-,33+,35?/m0/s1. The van der Waals surface area contributed by atoms with Crippen molar-refractivity contribution in [2.24, 2.45) is 0 Å². The van der Waals surface area contributed by atoms with Gasteiger partial charge in [0.2, 0.25) is 0 Å². The molecule has 0 radical (unpaired) electrons. The third kappa shape index (κ3) is 3.88. The SMILES string of the molecule is c1ccc(C[C@H]2[C@@H](c3ccccc3)N2C(c2ccccc2)(c2ccccc2)c2ccccc2)cc1. The highest BCUT2D eigenvalue weighted by Crippen LogP contribution is 2.58. The van der Waals surface area contributed by atoms with Gasteiger partial charge in [-0.1, -0.05) is 152 Å². The van der Waals surface area contributed by atoms with Gasteiger partial charge in [-0.25, -0.2) is 0 Å². The minimum Gasteiger partial charge on any atom is -0.272 e. The fourth-order valence-corrected chi connectivity index (χ4v) is 5.82. The quantitative estimate of drug-likeness (QED) is 0.181. The molecule has 0 aliphatic carbocycles. The molecule has 0 spiro atoms. The molecule has 170 valence electrons. The van der Waals surface area contributed by atoms with Crippen molar-refractivity contribution in [2.75, 3.05) is 0 Å². The van der Waals surface area contributed by atoms with Crippen LogP contribution in [0.1, 0.15) is 33.9 Å². The van der Waals surface area contributed by atoms with Gasteiger partial charge in [-0.2, -0.15) is 0 Å². The molecule has 1 heteroatoms. The van der Waals surface area contributed by atoms with E-state index in [0.717, 1.165) is 6.42 Å². The summed E-state index contributed by atoms with van der Waals surface area (Å²) in [6.07, 6.45) is 1.01. The predicted molar refractivity (Wildman–Crippen MR) is 144 cm³/mol. The van der Waals surface area contributed by atoms with Crippen molar-refractivity contribution in [3.05, 3.63) is 179 Å². The van der Waals surface area contributed by atoms with E-state index in [0.29, 0.717) is 12.1 Å². The van der Waals surface area contributed by atoms with Crippen LogP contribution in [0.25, 0.3) is 0 Å². The predicted octanol–water partition coefficient (Wildman–Crippen LogP) is 7.65. The summed E-state index contributed by atoms with van der Waals surface area (Å²) in [5.74, 6) is 0. The molecule has 35 heavy (non-hydrogen) atoms. The Morgan fingerprint density at radius 2 is 0.829 bits per heavy atom. The van der Waals surface area contributed by atoms with Crippen LogP contribution < -0.4 is 0 Å². The van der Waals surface area contributed by atoms with Crippen LogP contribution in [-0.2, 0) is 12.0 Å². The van der Waals surface area contributed by atoms with Crippen molar-refractivity contribution in [3.63, 3.8) is 0 Å². The van der Waals surface area contributed by atoms with Gasteiger partial charge in [0.25, 0.3) is 0 Å². The Balaban J connectivity index is 1.59. The summed E-state index contributed by atoms with van der Waals surface area (Å²) in [7, 11) is 0. The van der Waals surface area contributed by atoms with Gasteiger partial charge in [0.15, 0.2) is 0 Å². The maximum absolute atomic E-state index is 2.75. The Kier molecular flexibility index (Phi) is 5.78. The van der Waals surface area contributed by atoms with Crippen molar-refractivity contribution in [3.8, 4) is 0 Å². The molecule has 3 atom stereocenters. The van der Waals surface area contributed by atoms with Gasteiger partial charge in [0, 0.05) is 6.04 Å². The molecule has 0 saturated carbocycles. The Morgan fingerprint density at radius 3 is 1.26 bits per heavy atom. The van der Waals surface area contributed by atoms with Crippen LogP contribution in [0, 0.1) is 0 Å². The van der Waals surface area contributed by atoms with Gasteiger partial charge in [0.1, 0.15) is 0 Å². The van der Waals surface area contributed by atoms with E-state index in [2.05, 4.69) is 157 Å². The minimum absolute atomic E-state index is 0.317. The van der Waals surface area contributed by atoms with Crippen LogP contribution in [-0.4, -0.2) is 10.9 Å². The summed E-state index contributed by atoms with van der Waals surface area (Å²) in [5.41, 5.74) is 6.25. The van der Waals surface area contributed by atoms with Crippen molar-refractivity contribution in [1.82, 2.24) is 4.90 Å². The van der Waals surface area contributed by atoms with Gasteiger partial charge in [0.05, 0.1) is 11.6 Å². The lowest BCUT2D eigenvalue weighted by molar-refractivity contribution is 0.301. The van der Waals surface area contributed by atoms with Crippen LogP contribution in [0.5, 0.6) is 0 Å². The summed E-state index contributed by atoms with van der Waals surface area (Å²) in [6.45, 7) is 0. The zero-order valence-electron chi connectivity index (χ0n) is 19.7. The Bertz CT molecular complexity index is 1250. The number of rotatable bonds is 7. The average molecular weight is 452 g/mol. The summed E-state index contributed by atoms with van der Waals surface area (Å²) in [5, 5.41) is 0. The zero-order chi connectivity index (χ0) is 23.5. The molecule has 0 amide bonds. The molecular formula is C34H29N. The molecule has 1 fully saturated rings. The Hall–Kier alpha value is -3.94. The zero-order valence-corrected chi connectivity index (χ0v) is 19.7. The molecule has 1 nitrogen and oxygen atoms in total. The van der Waals surface area contributed by atoms with Crippen LogP contribution in [0.15, 0.2) is 152 Å². The van der Waals surface area contributed by atoms with Crippen molar-refractivity contribution < 1.29 is 0 Å². The molecule has 1 saturated heterocycles. The monoisotopic (exact) mass is 451 g/mol. The van der Waals surface area contributed by atoms with Gasteiger partial charge >= 0.3 is 0 Å². The van der Waals surface area contributed by atoms with E-state index >= 15 is 0 Å². The summed E-state index contributed by atoms with van der Waals surface area (Å²) < 4.78 is 0. The van der Waals surface area contributed by atoms with E-state index in [9.17, 15) is 0 Å². The minimum atomic E-state index is -0.399. The Morgan fingerprint density at radius 1 is 0.457 bits per heavy atom. The van der Waals surface area contributed by atoms with E-state index in [1.165, 1.54) is 27.8 Å². The topological polar surface area (TPSA) is 3.01 Å². The molecular weight excluding hydrogens is 422 g/mol. The second-order valence-electron chi connectivity index (χ2n) is 9.33.